The van der Waals surface area contributed by atoms with Crippen LogP contribution in [0.3, 0.4) is 0 Å². The van der Waals surface area contributed by atoms with E-state index in [1.54, 1.807) is 6.92 Å². The summed E-state index contributed by atoms with van der Waals surface area (Å²) in [6.45, 7) is 1.91. The van der Waals surface area contributed by atoms with Gasteiger partial charge in [-0.05, 0) is 13.3 Å². The molecule has 11 nitrogen and oxygen atoms in total. The summed E-state index contributed by atoms with van der Waals surface area (Å²) in [7, 11) is 0. The number of aryl methyl sites for hydroxylation is 1. The van der Waals surface area contributed by atoms with Crippen molar-refractivity contribution in [3.63, 3.8) is 0 Å². The monoisotopic (exact) mass is 314 g/mol. The van der Waals surface area contributed by atoms with Gasteiger partial charge in [-0.3, -0.25) is 9.59 Å². The van der Waals surface area contributed by atoms with Gasteiger partial charge in [0, 0.05) is 25.3 Å². The number of H-pyrrole nitrogens is 1. The van der Waals surface area contributed by atoms with E-state index in [-0.39, 0.29) is 25.4 Å². The number of nitrogens with zero attached hydrogens (tertiary/aromatic N) is 3. The molecule has 2 amide bonds. The van der Waals surface area contributed by atoms with Crippen molar-refractivity contribution in [2.24, 2.45) is 0 Å². The second-order valence-electron chi connectivity index (χ2n) is 4.54. The molecule has 0 aliphatic rings. The van der Waals surface area contributed by atoms with Crippen LogP contribution in [0.15, 0.2) is 0 Å². The second kappa shape index (κ2) is 9.26. The molecule has 2 atom stereocenters. The van der Waals surface area contributed by atoms with E-state index in [0.717, 1.165) is 0 Å². The Labute approximate surface area is 125 Å². The van der Waals surface area contributed by atoms with Crippen molar-refractivity contribution in [1.29, 1.82) is 0 Å². The van der Waals surface area contributed by atoms with Crippen molar-refractivity contribution >= 4 is 18.5 Å². The zero-order valence-electron chi connectivity index (χ0n) is 12.0. The maximum absolute atomic E-state index is 11.7. The van der Waals surface area contributed by atoms with Crippen LogP contribution in [0, 0.1) is 0 Å². The number of hydrogen-bond acceptors (Lipinski definition) is 7. The highest BCUT2D eigenvalue weighted by molar-refractivity contribution is 5.74. The van der Waals surface area contributed by atoms with Gasteiger partial charge in [0.05, 0.1) is 0 Å². The lowest BCUT2D eigenvalue weighted by Gasteiger charge is -2.19. The lowest BCUT2D eigenvalue weighted by molar-refractivity contribution is -0.137. The van der Waals surface area contributed by atoms with E-state index in [9.17, 15) is 14.4 Å². The minimum absolute atomic E-state index is 0.0481. The second-order valence-corrected chi connectivity index (χ2v) is 4.54. The predicted molar refractivity (Wildman–Crippen MR) is 71.4 cm³/mol. The molecule has 1 aromatic heterocycles. The SMILES string of the molecule is C[C@H](CCC(=O)O)NC(=O)N[C@@H](CCc1nn[nH]n1)OC=O. The van der Waals surface area contributed by atoms with Gasteiger partial charge in [0.25, 0.3) is 6.47 Å². The smallest absolute Gasteiger partial charge is 0.317 e. The van der Waals surface area contributed by atoms with E-state index < -0.39 is 18.2 Å². The first-order chi connectivity index (χ1) is 10.5. The molecule has 0 aliphatic carbocycles. The number of urea groups is 1. The summed E-state index contributed by atoms with van der Waals surface area (Å²) >= 11 is 0. The molecule has 0 fully saturated rings. The first-order valence-corrected chi connectivity index (χ1v) is 6.61. The highest BCUT2D eigenvalue weighted by Gasteiger charge is 2.16. The molecule has 11 heteroatoms. The van der Waals surface area contributed by atoms with E-state index >= 15 is 0 Å². The third kappa shape index (κ3) is 7.17. The fourth-order valence-corrected chi connectivity index (χ4v) is 1.61. The molecule has 0 bridgehead atoms. The average molecular weight is 314 g/mol. The van der Waals surface area contributed by atoms with Crippen LogP contribution in [0.25, 0.3) is 0 Å². The number of aliphatic carboxylic acids is 1. The van der Waals surface area contributed by atoms with E-state index in [1.165, 1.54) is 0 Å². The van der Waals surface area contributed by atoms with Crippen molar-refractivity contribution in [1.82, 2.24) is 31.3 Å². The molecule has 0 aromatic carbocycles. The zero-order chi connectivity index (χ0) is 16.4. The van der Waals surface area contributed by atoms with Crippen LogP contribution in [0.1, 0.15) is 32.0 Å². The Hall–Kier alpha value is -2.72. The fourth-order valence-electron chi connectivity index (χ4n) is 1.61. The lowest BCUT2D eigenvalue weighted by atomic mass is 10.2. The predicted octanol–water partition coefficient (Wildman–Crippen LogP) is -0.816. The third-order valence-corrected chi connectivity index (χ3v) is 2.70. The number of rotatable bonds is 10. The molecule has 22 heavy (non-hydrogen) atoms. The summed E-state index contributed by atoms with van der Waals surface area (Å²) in [6, 6.07) is -0.886. The molecule has 1 aromatic rings. The van der Waals surface area contributed by atoms with Crippen LogP contribution in [-0.4, -0.2) is 56.5 Å². The summed E-state index contributed by atoms with van der Waals surface area (Å²) in [4.78, 5) is 32.6. The highest BCUT2D eigenvalue weighted by atomic mass is 16.5. The van der Waals surface area contributed by atoms with Gasteiger partial charge in [-0.1, -0.05) is 5.21 Å². The summed E-state index contributed by atoms with van der Waals surface area (Å²) in [5.41, 5.74) is 0. The normalized spacial score (nSPS) is 13.0. The quantitative estimate of drug-likeness (QED) is 0.322. The number of ether oxygens (including phenoxy) is 1. The molecule has 1 rings (SSSR count). The molecule has 122 valence electrons. The van der Waals surface area contributed by atoms with E-state index in [2.05, 4.69) is 31.3 Å². The number of tetrazole rings is 1. The summed E-state index contributed by atoms with van der Waals surface area (Å²) in [5.74, 6) is -0.507. The van der Waals surface area contributed by atoms with E-state index in [1.807, 2.05) is 0 Å². The average Bonchev–Trinajstić information content (AvgIpc) is 2.96. The number of carbonyl (C=O) groups excluding carboxylic acids is 2. The molecular weight excluding hydrogens is 296 g/mol. The van der Waals surface area contributed by atoms with Crippen molar-refractivity contribution in [3.05, 3.63) is 5.82 Å². The van der Waals surface area contributed by atoms with Gasteiger partial charge in [0.2, 0.25) is 0 Å². The van der Waals surface area contributed by atoms with Crippen molar-refractivity contribution in [3.8, 4) is 0 Å². The van der Waals surface area contributed by atoms with Gasteiger partial charge in [0.1, 0.15) is 0 Å². The van der Waals surface area contributed by atoms with Crippen molar-refractivity contribution in [2.45, 2.75) is 44.9 Å². The maximum atomic E-state index is 11.7. The topological polar surface area (TPSA) is 159 Å². The Morgan fingerprint density at radius 2 is 2.18 bits per heavy atom. The highest BCUT2D eigenvalue weighted by Crippen LogP contribution is 2.00. The Morgan fingerprint density at radius 1 is 1.41 bits per heavy atom. The molecule has 0 spiro atoms. The van der Waals surface area contributed by atoms with E-state index in [0.29, 0.717) is 18.7 Å². The van der Waals surface area contributed by atoms with Crippen LogP contribution in [0.2, 0.25) is 0 Å². The Kier molecular flexibility index (Phi) is 7.29. The Morgan fingerprint density at radius 3 is 2.77 bits per heavy atom. The van der Waals surface area contributed by atoms with Gasteiger partial charge < -0.3 is 20.5 Å². The van der Waals surface area contributed by atoms with Gasteiger partial charge in [-0.25, -0.2) is 4.79 Å². The van der Waals surface area contributed by atoms with Crippen LogP contribution in [-0.2, 0) is 20.7 Å². The molecule has 0 aliphatic heterocycles. The number of hydrogen-bond donors (Lipinski definition) is 4. The lowest BCUT2D eigenvalue weighted by Crippen LogP contribution is -2.46. The number of amides is 2. The van der Waals surface area contributed by atoms with Crippen LogP contribution >= 0.6 is 0 Å². The first kappa shape index (κ1) is 17.3. The summed E-state index contributed by atoms with van der Waals surface area (Å²) < 4.78 is 4.76. The largest absolute Gasteiger partial charge is 0.481 e. The molecular formula is C11H18N6O5. The molecule has 0 saturated carbocycles. The van der Waals surface area contributed by atoms with Crippen LogP contribution in [0.4, 0.5) is 4.79 Å². The molecule has 0 saturated heterocycles. The fraction of sp³-hybridized carbons (Fsp3) is 0.636. The maximum Gasteiger partial charge on any atom is 0.317 e. The van der Waals surface area contributed by atoms with Crippen molar-refractivity contribution in [2.75, 3.05) is 0 Å². The number of carboxylic acid groups (broad SMARTS) is 1. The van der Waals surface area contributed by atoms with Crippen molar-refractivity contribution < 1.29 is 24.2 Å². The standard InChI is InChI=1S/C11H18N6O5/c1-7(2-5-10(19)20)12-11(21)13-9(22-6-18)4-3-8-14-16-17-15-8/h6-7,9H,2-5H2,1H3,(H,19,20)(H2,12,13,21)(H,14,15,16,17)/t7-,9-/m1/s1. The van der Waals surface area contributed by atoms with Gasteiger partial charge in [-0.2, -0.15) is 5.21 Å². The number of carboxylic acids is 1. The third-order valence-electron chi connectivity index (χ3n) is 2.70. The number of carbonyl (C=O) groups is 3. The minimum Gasteiger partial charge on any atom is -0.481 e. The van der Waals surface area contributed by atoms with Gasteiger partial charge in [-0.15, -0.1) is 10.2 Å². The molecule has 0 radical (unpaired) electrons. The first-order valence-electron chi connectivity index (χ1n) is 6.61. The number of nitrogens with one attached hydrogen (secondary N) is 3. The molecule has 4 N–H and O–H groups in total. The summed E-state index contributed by atoms with van der Waals surface area (Å²) in [5, 5.41) is 26.7. The van der Waals surface area contributed by atoms with E-state index in [4.69, 9.17) is 9.84 Å². The molecule has 1 heterocycles. The van der Waals surface area contributed by atoms with Gasteiger partial charge >= 0.3 is 12.0 Å². The molecule has 0 unspecified atom stereocenters. The Bertz CT molecular complexity index is 479. The van der Waals surface area contributed by atoms with Crippen LogP contribution < -0.4 is 10.6 Å². The van der Waals surface area contributed by atoms with Crippen LogP contribution in [0.5, 0.6) is 0 Å². The number of aromatic nitrogens is 4. The Balaban J connectivity index is 2.35. The zero-order valence-corrected chi connectivity index (χ0v) is 12.0. The van der Waals surface area contributed by atoms with Gasteiger partial charge in [0.15, 0.2) is 12.1 Å². The summed E-state index contributed by atoms with van der Waals surface area (Å²) in [6.07, 6.45) is 0.0277. The number of aromatic amines is 1. The minimum atomic E-state index is -0.934.